The van der Waals surface area contributed by atoms with Gasteiger partial charge in [0, 0.05) is 31.9 Å². The standard InChI is InChI=1S/C15H18N2O3/c1-2-19-11-5-10-16-14(18)8-9-15-17-12-6-3-4-7-13(12)20-15/h3-4,6-9H,2,5,10-11H2,1H3,(H,16,18)/b9-8+. The molecule has 0 aliphatic carbocycles. The number of nitrogens with one attached hydrogen (secondary N) is 1. The van der Waals surface area contributed by atoms with Gasteiger partial charge in [0.1, 0.15) is 5.52 Å². The van der Waals surface area contributed by atoms with Crippen molar-refractivity contribution in [3.05, 3.63) is 36.2 Å². The normalized spacial score (nSPS) is 11.2. The fraction of sp³-hybridized carbons (Fsp3) is 0.333. The summed E-state index contributed by atoms with van der Waals surface area (Å²) in [6.07, 6.45) is 3.79. The highest BCUT2D eigenvalue weighted by molar-refractivity contribution is 5.91. The summed E-state index contributed by atoms with van der Waals surface area (Å²) in [4.78, 5) is 15.8. The highest BCUT2D eigenvalue weighted by Gasteiger charge is 2.02. The second kappa shape index (κ2) is 7.45. The van der Waals surface area contributed by atoms with Gasteiger partial charge in [0.05, 0.1) is 0 Å². The minimum atomic E-state index is -0.163. The van der Waals surface area contributed by atoms with Crippen molar-refractivity contribution in [2.45, 2.75) is 13.3 Å². The maximum absolute atomic E-state index is 11.6. The van der Waals surface area contributed by atoms with E-state index in [0.717, 1.165) is 11.9 Å². The number of hydrogen-bond donors (Lipinski definition) is 1. The third-order valence-electron chi connectivity index (χ3n) is 2.66. The number of para-hydroxylation sites is 2. The summed E-state index contributed by atoms with van der Waals surface area (Å²) >= 11 is 0. The Morgan fingerprint density at radius 3 is 3.10 bits per heavy atom. The zero-order chi connectivity index (χ0) is 14.2. The Labute approximate surface area is 117 Å². The van der Waals surface area contributed by atoms with Gasteiger partial charge >= 0.3 is 0 Å². The van der Waals surface area contributed by atoms with Gasteiger partial charge in [0.2, 0.25) is 11.8 Å². The first kappa shape index (κ1) is 14.3. The van der Waals surface area contributed by atoms with Crippen LogP contribution in [0.4, 0.5) is 0 Å². The number of carbonyl (C=O) groups is 1. The Kier molecular flexibility index (Phi) is 5.32. The average Bonchev–Trinajstić information content (AvgIpc) is 2.88. The fourth-order valence-corrected chi connectivity index (χ4v) is 1.70. The van der Waals surface area contributed by atoms with E-state index >= 15 is 0 Å². The number of rotatable bonds is 7. The Bertz CT molecular complexity index is 557. The van der Waals surface area contributed by atoms with Gasteiger partial charge in [-0.1, -0.05) is 12.1 Å². The molecule has 0 spiro atoms. The van der Waals surface area contributed by atoms with Crippen LogP contribution >= 0.6 is 0 Å². The van der Waals surface area contributed by atoms with Crippen LogP contribution in [0.15, 0.2) is 34.8 Å². The van der Waals surface area contributed by atoms with E-state index < -0.39 is 0 Å². The number of hydrogen-bond acceptors (Lipinski definition) is 4. The summed E-state index contributed by atoms with van der Waals surface area (Å²) in [5.41, 5.74) is 1.49. The Hall–Kier alpha value is -2.14. The van der Waals surface area contributed by atoms with Crippen LogP contribution in [-0.2, 0) is 9.53 Å². The number of aromatic nitrogens is 1. The van der Waals surface area contributed by atoms with Gasteiger partial charge in [-0.05, 0) is 25.5 Å². The quantitative estimate of drug-likeness (QED) is 0.622. The maximum Gasteiger partial charge on any atom is 0.244 e. The van der Waals surface area contributed by atoms with Crippen molar-refractivity contribution in [3.8, 4) is 0 Å². The van der Waals surface area contributed by atoms with E-state index in [0.29, 0.717) is 31.2 Å². The first-order valence-corrected chi connectivity index (χ1v) is 6.69. The van der Waals surface area contributed by atoms with Gasteiger partial charge in [0.25, 0.3) is 0 Å². The van der Waals surface area contributed by atoms with Gasteiger partial charge < -0.3 is 14.5 Å². The van der Waals surface area contributed by atoms with Crippen LogP contribution in [0.2, 0.25) is 0 Å². The lowest BCUT2D eigenvalue weighted by molar-refractivity contribution is -0.116. The molecule has 0 saturated carbocycles. The molecule has 2 aromatic rings. The van der Waals surface area contributed by atoms with Crippen LogP contribution in [-0.4, -0.2) is 30.6 Å². The molecule has 2 rings (SSSR count). The van der Waals surface area contributed by atoms with Crippen molar-refractivity contribution >= 4 is 23.1 Å². The minimum Gasteiger partial charge on any atom is -0.437 e. The zero-order valence-corrected chi connectivity index (χ0v) is 11.5. The van der Waals surface area contributed by atoms with Crippen molar-refractivity contribution in [1.82, 2.24) is 10.3 Å². The van der Waals surface area contributed by atoms with Crippen LogP contribution < -0.4 is 5.32 Å². The van der Waals surface area contributed by atoms with Gasteiger partial charge in [-0.15, -0.1) is 0 Å². The third-order valence-corrected chi connectivity index (χ3v) is 2.66. The Balaban J connectivity index is 1.81. The molecule has 0 unspecified atom stereocenters. The summed E-state index contributed by atoms with van der Waals surface area (Å²) in [6.45, 7) is 3.90. The number of nitrogens with zero attached hydrogens (tertiary/aromatic N) is 1. The summed E-state index contributed by atoms with van der Waals surface area (Å²) in [5, 5.41) is 2.77. The second-order valence-electron chi connectivity index (χ2n) is 4.19. The molecule has 1 N–H and O–H groups in total. The molecule has 0 aliphatic rings. The maximum atomic E-state index is 11.6. The lowest BCUT2D eigenvalue weighted by Gasteiger charge is -2.01. The molecule has 0 bridgehead atoms. The molecule has 5 nitrogen and oxygen atoms in total. The first-order chi connectivity index (χ1) is 9.79. The molecular weight excluding hydrogens is 256 g/mol. The van der Waals surface area contributed by atoms with Gasteiger partial charge in [-0.2, -0.15) is 0 Å². The second-order valence-corrected chi connectivity index (χ2v) is 4.19. The van der Waals surface area contributed by atoms with Crippen LogP contribution in [0.1, 0.15) is 19.2 Å². The predicted octanol–water partition coefficient (Wildman–Crippen LogP) is 2.38. The van der Waals surface area contributed by atoms with Gasteiger partial charge in [-0.25, -0.2) is 4.98 Å². The summed E-state index contributed by atoms with van der Waals surface area (Å²) in [7, 11) is 0. The fourth-order valence-electron chi connectivity index (χ4n) is 1.70. The van der Waals surface area contributed by atoms with Crippen molar-refractivity contribution in [3.63, 3.8) is 0 Å². The van der Waals surface area contributed by atoms with Gasteiger partial charge in [-0.3, -0.25) is 4.79 Å². The van der Waals surface area contributed by atoms with E-state index in [1.807, 2.05) is 31.2 Å². The van der Waals surface area contributed by atoms with E-state index in [1.165, 1.54) is 6.08 Å². The monoisotopic (exact) mass is 274 g/mol. The SMILES string of the molecule is CCOCCCNC(=O)/C=C/c1nc2ccccc2o1. The van der Waals surface area contributed by atoms with Crippen LogP contribution in [0.5, 0.6) is 0 Å². The largest absolute Gasteiger partial charge is 0.437 e. The number of fused-ring (bicyclic) bond motifs is 1. The molecule has 0 aliphatic heterocycles. The van der Waals surface area contributed by atoms with E-state index in [-0.39, 0.29) is 5.91 Å². The van der Waals surface area contributed by atoms with Crippen LogP contribution in [0.3, 0.4) is 0 Å². The first-order valence-electron chi connectivity index (χ1n) is 6.69. The molecule has 1 aromatic heterocycles. The lowest BCUT2D eigenvalue weighted by atomic mass is 10.3. The van der Waals surface area contributed by atoms with E-state index in [2.05, 4.69) is 10.3 Å². The molecule has 0 radical (unpaired) electrons. The lowest BCUT2D eigenvalue weighted by Crippen LogP contribution is -2.23. The van der Waals surface area contributed by atoms with Crippen LogP contribution in [0.25, 0.3) is 17.2 Å². The van der Waals surface area contributed by atoms with Crippen molar-refractivity contribution < 1.29 is 13.9 Å². The summed E-state index contributed by atoms with van der Waals surface area (Å²) in [5.74, 6) is 0.263. The van der Waals surface area contributed by atoms with Crippen molar-refractivity contribution in [1.29, 1.82) is 0 Å². The van der Waals surface area contributed by atoms with Crippen molar-refractivity contribution in [2.24, 2.45) is 0 Å². The van der Waals surface area contributed by atoms with Gasteiger partial charge in [0.15, 0.2) is 5.58 Å². The smallest absolute Gasteiger partial charge is 0.244 e. The molecule has 106 valence electrons. The Morgan fingerprint density at radius 2 is 2.30 bits per heavy atom. The molecule has 1 amide bonds. The van der Waals surface area contributed by atoms with Crippen molar-refractivity contribution in [2.75, 3.05) is 19.8 Å². The number of oxazole rings is 1. The van der Waals surface area contributed by atoms with Crippen LogP contribution in [0, 0.1) is 0 Å². The van der Waals surface area contributed by atoms with E-state index in [9.17, 15) is 4.79 Å². The topological polar surface area (TPSA) is 64.4 Å². The molecule has 1 aromatic carbocycles. The predicted molar refractivity (Wildman–Crippen MR) is 77.2 cm³/mol. The number of amides is 1. The zero-order valence-electron chi connectivity index (χ0n) is 11.5. The molecule has 0 fully saturated rings. The summed E-state index contributed by atoms with van der Waals surface area (Å²) in [6, 6.07) is 7.48. The molecule has 20 heavy (non-hydrogen) atoms. The molecule has 5 heteroatoms. The number of carbonyl (C=O) groups excluding carboxylic acids is 1. The molecular formula is C15H18N2O3. The number of ether oxygens (including phenoxy) is 1. The summed E-state index contributed by atoms with van der Waals surface area (Å²) < 4.78 is 10.7. The average molecular weight is 274 g/mol. The molecule has 0 saturated heterocycles. The third kappa shape index (κ3) is 4.20. The minimum absolute atomic E-state index is 0.163. The molecule has 0 atom stereocenters. The highest BCUT2D eigenvalue weighted by Crippen LogP contribution is 2.15. The van der Waals surface area contributed by atoms with E-state index in [4.69, 9.17) is 9.15 Å². The van der Waals surface area contributed by atoms with E-state index in [1.54, 1.807) is 6.08 Å². The Morgan fingerprint density at radius 1 is 1.45 bits per heavy atom. The number of benzene rings is 1. The highest BCUT2D eigenvalue weighted by atomic mass is 16.5. The molecule has 1 heterocycles.